The zero-order valence-electron chi connectivity index (χ0n) is 10.8. The van der Waals surface area contributed by atoms with Gasteiger partial charge >= 0.3 is 0 Å². The molecule has 0 aliphatic carbocycles. The molecule has 2 N–H and O–H groups in total. The second-order valence-corrected chi connectivity index (χ2v) is 5.36. The maximum Gasteiger partial charge on any atom is 0.221 e. The van der Waals surface area contributed by atoms with Crippen molar-refractivity contribution in [2.75, 3.05) is 17.7 Å². The van der Waals surface area contributed by atoms with Gasteiger partial charge in [0.05, 0.1) is 0 Å². The van der Waals surface area contributed by atoms with Crippen LogP contribution in [0.15, 0.2) is 29.2 Å². The maximum atomic E-state index is 10.9. The summed E-state index contributed by atoms with van der Waals surface area (Å²) in [6.07, 6.45) is 4.38. The van der Waals surface area contributed by atoms with E-state index in [1.807, 2.05) is 36.0 Å². The molecular formula is C14H21NO2S. The molecule has 0 saturated carbocycles. The van der Waals surface area contributed by atoms with Crippen molar-refractivity contribution in [2.24, 2.45) is 0 Å². The summed E-state index contributed by atoms with van der Waals surface area (Å²) >= 11 is 1.83. The summed E-state index contributed by atoms with van der Waals surface area (Å²) in [7, 11) is 0. The van der Waals surface area contributed by atoms with Crippen LogP contribution in [0.4, 0.5) is 5.69 Å². The number of nitrogens with one attached hydrogen (secondary N) is 1. The van der Waals surface area contributed by atoms with Crippen LogP contribution in [-0.4, -0.2) is 23.4 Å². The molecule has 1 aromatic rings. The Balaban J connectivity index is 2.20. The molecule has 100 valence electrons. The van der Waals surface area contributed by atoms with Crippen molar-refractivity contribution in [3.63, 3.8) is 0 Å². The van der Waals surface area contributed by atoms with E-state index >= 15 is 0 Å². The number of benzene rings is 1. The normalized spacial score (nSPS) is 10.3. The average Bonchev–Trinajstić information content (AvgIpc) is 2.35. The first-order chi connectivity index (χ1) is 8.72. The fraction of sp³-hybridized carbons (Fsp3) is 0.500. The van der Waals surface area contributed by atoms with Gasteiger partial charge in [0.1, 0.15) is 0 Å². The lowest BCUT2D eigenvalue weighted by Gasteiger charge is -2.04. The van der Waals surface area contributed by atoms with E-state index in [1.54, 1.807) is 0 Å². The molecule has 0 aliphatic heterocycles. The highest BCUT2D eigenvalue weighted by Crippen LogP contribution is 2.21. The number of hydrogen-bond acceptors (Lipinski definition) is 3. The minimum absolute atomic E-state index is 0.0423. The Bertz CT molecular complexity index is 351. The van der Waals surface area contributed by atoms with Crippen LogP contribution in [0.1, 0.15) is 32.6 Å². The van der Waals surface area contributed by atoms with Crippen molar-refractivity contribution in [1.82, 2.24) is 0 Å². The van der Waals surface area contributed by atoms with Gasteiger partial charge in [-0.3, -0.25) is 4.79 Å². The summed E-state index contributed by atoms with van der Waals surface area (Å²) in [6.45, 7) is 1.81. The maximum absolute atomic E-state index is 10.9. The Kier molecular flexibility index (Phi) is 7.53. The molecule has 1 amide bonds. The minimum Gasteiger partial charge on any atom is -0.396 e. The van der Waals surface area contributed by atoms with Gasteiger partial charge in [0.15, 0.2) is 0 Å². The van der Waals surface area contributed by atoms with Crippen molar-refractivity contribution in [3.8, 4) is 0 Å². The Morgan fingerprint density at radius 3 is 2.44 bits per heavy atom. The molecule has 0 atom stereocenters. The van der Waals surface area contributed by atoms with Crippen molar-refractivity contribution in [3.05, 3.63) is 24.3 Å². The van der Waals surface area contributed by atoms with E-state index in [9.17, 15) is 4.79 Å². The third kappa shape index (κ3) is 6.67. The molecule has 4 heteroatoms. The monoisotopic (exact) mass is 267 g/mol. The number of amides is 1. The molecule has 0 radical (unpaired) electrons. The number of aliphatic hydroxyl groups excluding tert-OH is 1. The molecule has 0 fully saturated rings. The van der Waals surface area contributed by atoms with Crippen molar-refractivity contribution in [2.45, 2.75) is 37.5 Å². The van der Waals surface area contributed by atoms with Gasteiger partial charge in [-0.25, -0.2) is 0 Å². The average molecular weight is 267 g/mol. The smallest absolute Gasteiger partial charge is 0.221 e. The van der Waals surface area contributed by atoms with Gasteiger partial charge in [0.25, 0.3) is 0 Å². The molecule has 0 saturated heterocycles. The first-order valence-corrected chi connectivity index (χ1v) is 7.32. The molecular weight excluding hydrogens is 246 g/mol. The third-order valence-electron chi connectivity index (χ3n) is 2.50. The van der Waals surface area contributed by atoms with Gasteiger partial charge < -0.3 is 10.4 Å². The standard InChI is InChI=1S/C14H21NO2S/c1-12(17)15-13-6-8-14(9-7-13)18-11-5-3-2-4-10-16/h6-9,16H,2-5,10-11H2,1H3,(H,15,17). The van der Waals surface area contributed by atoms with Crippen molar-refractivity contribution in [1.29, 1.82) is 0 Å². The zero-order valence-corrected chi connectivity index (χ0v) is 11.6. The number of carbonyl (C=O) groups excluding carboxylic acids is 1. The number of rotatable bonds is 8. The van der Waals surface area contributed by atoms with Gasteiger partial charge in [-0.15, -0.1) is 11.8 Å². The Labute approximate surface area is 113 Å². The van der Waals surface area contributed by atoms with Crippen molar-refractivity contribution < 1.29 is 9.90 Å². The Morgan fingerprint density at radius 2 is 1.83 bits per heavy atom. The van der Waals surface area contributed by atoms with Gasteiger partial charge in [-0.2, -0.15) is 0 Å². The second kappa shape index (κ2) is 9.00. The number of unbranched alkanes of at least 4 members (excludes halogenated alkanes) is 3. The van der Waals surface area contributed by atoms with E-state index in [2.05, 4.69) is 5.32 Å². The van der Waals surface area contributed by atoms with Crippen molar-refractivity contribution >= 4 is 23.4 Å². The highest BCUT2D eigenvalue weighted by Gasteiger charge is 1.97. The molecule has 3 nitrogen and oxygen atoms in total. The second-order valence-electron chi connectivity index (χ2n) is 4.19. The SMILES string of the molecule is CC(=O)Nc1ccc(SCCCCCCO)cc1. The molecule has 0 aromatic heterocycles. The molecule has 18 heavy (non-hydrogen) atoms. The highest BCUT2D eigenvalue weighted by molar-refractivity contribution is 7.99. The molecule has 0 bridgehead atoms. The van der Waals surface area contributed by atoms with E-state index in [1.165, 1.54) is 24.7 Å². The fourth-order valence-corrected chi connectivity index (χ4v) is 2.51. The first-order valence-electron chi connectivity index (χ1n) is 6.33. The van der Waals surface area contributed by atoms with E-state index in [-0.39, 0.29) is 5.91 Å². The Morgan fingerprint density at radius 1 is 1.17 bits per heavy atom. The van der Waals surface area contributed by atoms with Crippen LogP contribution in [0.3, 0.4) is 0 Å². The summed E-state index contributed by atoms with van der Waals surface area (Å²) in [5.74, 6) is 1.06. The molecule has 1 aromatic carbocycles. The predicted octanol–water partition coefficient (Wildman–Crippen LogP) is 3.29. The van der Waals surface area contributed by atoms with E-state index < -0.39 is 0 Å². The molecule has 0 spiro atoms. The van der Waals surface area contributed by atoms with Gasteiger partial charge in [-0.1, -0.05) is 12.8 Å². The molecule has 0 unspecified atom stereocenters. The largest absolute Gasteiger partial charge is 0.396 e. The predicted molar refractivity (Wildman–Crippen MR) is 77.0 cm³/mol. The molecule has 1 rings (SSSR count). The van der Waals surface area contributed by atoms with E-state index in [0.717, 1.165) is 24.3 Å². The van der Waals surface area contributed by atoms with E-state index in [0.29, 0.717) is 6.61 Å². The first kappa shape index (κ1) is 15.1. The quantitative estimate of drug-likeness (QED) is 0.561. The van der Waals surface area contributed by atoms with Crippen LogP contribution in [0.25, 0.3) is 0 Å². The highest BCUT2D eigenvalue weighted by atomic mass is 32.2. The summed E-state index contributed by atoms with van der Waals surface area (Å²) in [5.41, 5.74) is 0.842. The van der Waals surface area contributed by atoms with E-state index in [4.69, 9.17) is 5.11 Å². The van der Waals surface area contributed by atoms with Crippen LogP contribution in [-0.2, 0) is 4.79 Å². The van der Waals surface area contributed by atoms with Gasteiger partial charge in [0.2, 0.25) is 5.91 Å². The summed E-state index contributed by atoms with van der Waals surface area (Å²) in [5, 5.41) is 11.4. The van der Waals surface area contributed by atoms with Crippen LogP contribution in [0.5, 0.6) is 0 Å². The zero-order chi connectivity index (χ0) is 13.2. The summed E-state index contributed by atoms with van der Waals surface area (Å²) in [4.78, 5) is 12.1. The van der Waals surface area contributed by atoms with Crippen LogP contribution in [0, 0.1) is 0 Å². The number of carbonyl (C=O) groups is 1. The fourth-order valence-electron chi connectivity index (χ4n) is 1.60. The van der Waals surface area contributed by atoms with Crippen LogP contribution < -0.4 is 5.32 Å². The lowest BCUT2D eigenvalue weighted by Crippen LogP contribution is -2.05. The van der Waals surface area contributed by atoms with Gasteiger partial charge in [-0.05, 0) is 42.9 Å². The summed E-state index contributed by atoms with van der Waals surface area (Å²) in [6, 6.07) is 7.91. The van der Waals surface area contributed by atoms with Gasteiger partial charge in [0, 0.05) is 24.1 Å². The number of hydrogen-bond donors (Lipinski definition) is 2. The van der Waals surface area contributed by atoms with Crippen LogP contribution in [0.2, 0.25) is 0 Å². The summed E-state index contributed by atoms with van der Waals surface area (Å²) < 4.78 is 0. The number of aliphatic hydroxyl groups is 1. The Hall–Kier alpha value is -1.00. The lowest BCUT2D eigenvalue weighted by atomic mass is 10.2. The third-order valence-corrected chi connectivity index (χ3v) is 3.59. The molecule has 0 aliphatic rings. The number of anilines is 1. The minimum atomic E-state index is -0.0423. The van der Waals surface area contributed by atoms with Crippen LogP contribution >= 0.6 is 11.8 Å². The molecule has 0 heterocycles. The number of thioether (sulfide) groups is 1. The topological polar surface area (TPSA) is 49.3 Å². The lowest BCUT2D eigenvalue weighted by molar-refractivity contribution is -0.114.